The van der Waals surface area contributed by atoms with E-state index < -0.39 is 9.73 Å². The molecule has 148 valence electrons. The van der Waals surface area contributed by atoms with Crippen molar-refractivity contribution < 1.29 is 8.95 Å². The number of methoxy groups -OCH3 is 1. The van der Waals surface area contributed by atoms with Gasteiger partial charge in [0.15, 0.2) is 5.75 Å². The molecule has 0 bridgehead atoms. The van der Waals surface area contributed by atoms with Gasteiger partial charge < -0.3 is 15.0 Å². The Labute approximate surface area is 173 Å². The third kappa shape index (κ3) is 3.64. The first kappa shape index (κ1) is 19.2. The molecule has 3 N–H and O–H groups in total. The Hall–Kier alpha value is -3.10. The monoisotopic (exact) mass is 427 g/mol. The number of hydrogen-bond acceptors (Lipinski definition) is 6. The number of rotatable bonds is 5. The zero-order valence-corrected chi connectivity index (χ0v) is 17.3. The van der Waals surface area contributed by atoms with Gasteiger partial charge in [0.1, 0.15) is 0 Å². The maximum atomic E-state index is 12.3. The van der Waals surface area contributed by atoms with Crippen molar-refractivity contribution in [3.05, 3.63) is 59.9 Å². The number of fused-ring (bicyclic) bond motifs is 1. The Balaban J connectivity index is 1.78. The van der Waals surface area contributed by atoms with Gasteiger partial charge in [-0.05, 0) is 18.2 Å². The predicted octanol–water partition coefficient (Wildman–Crippen LogP) is 5.07. The van der Waals surface area contributed by atoms with E-state index in [1.165, 1.54) is 19.6 Å². The van der Waals surface area contributed by atoms with Crippen molar-refractivity contribution in [3.63, 3.8) is 0 Å². The molecule has 0 aliphatic rings. The van der Waals surface area contributed by atoms with Gasteiger partial charge in [-0.3, -0.25) is 0 Å². The topological polar surface area (TPSA) is 104 Å². The molecular formula is C20H18ClN5O2S. The molecule has 2 aromatic heterocycles. The standard InChI is InChI=1S/C20H18ClN5O2S/c1-28-19-16(8-5-9-17(19)29(2,22)27)25-20-24-11-14(21)18(26-20)13-10-23-15-7-4-3-6-12(13)15/h3-11,22-23H,1-2H3,(H,24,25,26). The van der Waals surface area contributed by atoms with Gasteiger partial charge in [0.05, 0.1) is 44.3 Å². The summed E-state index contributed by atoms with van der Waals surface area (Å²) in [7, 11) is -1.50. The minimum Gasteiger partial charge on any atom is -0.493 e. The SMILES string of the molecule is COc1c(Nc2ncc(Cl)c(-c3c[nH]c4ccccc34)n2)cccc1S(C)(=N)=O. The van der Waals surface area contributed by atoms with Crippen LogP contribution in [0.2, 0.25) is 5.02 Å². The zero-order chi connectivity index (χ0) is 20.6. The number of aromatic nitrogens is 3. The third-order valence-electron chi connectivity index (χ3n) is 4.44. The molecule has 1 atom stereocenters. The lowest BCUT2D eigenvalue weighted by Crippen LogP contribution is -2.04. The van der Waals surface area contributed by atoms with Gasteiger partial charge in [0.25, 0.3) is 0 Å². The van der Waals surface area contributed by atoms with Gasteiger partial charge in [-0.25, -0.2) is 19.0 Å². The van der Waals surface area contributed by atoms with Crippen LogP contribution in [0.25, 0.3) is 22.2 Å². The molecule has 0 spiro atoms. The summed E-state index contributed by atoms with van der Waals surface area (Å²) in [5.41, 5.74) is 2.93. The molecule has 0 fully saturated rings. The zero-order valence-electron chi connectivity index (χ0n) is 15.7. The Morgan fingerprint density at radius 3 is 2.76 bits per heavy atom. The molecule has 1 unspecified atom stereocenters. The van der Waals surface area contributed by atoms with Crippen molar-refractivity contribution in [2.45, 2.75) is 4.90 Å². The average Bonchev–Trinajstić information content (AvgIpc) is 3.12. The van der Waals surface area contributed by atoms with Gasteiger partial charge in [-0.2, -0.15) is 0 Å². The van der Waals surface area contributed by atoms with E-state index in [2.05, 4.69) is 20.3 Å². The molecule has 4 aromatic rings. The van der Waals surface area contributed by atoms with Crippen LogP contribution < -0.4 is 10.1 Å². The molecule has 2 aromatic carbocycles. The van der Waals surface area contributed by atoms with Crippen LogP contribution in [0, 0.1) is 4.78 Å². The van der Waals surface area contributed by atoms with Gasteiger partial charge in [-0.1, -0.05) is 35.9 Å². The lowest BCUT2D eigenvalue weighted by molar-refractivity contribution is 0.406. The molecule has 4 rings (SSSR count). The Morgan fingerprint density at radius 1 is 1.21 bits per heavy atom. The molecule has 9 heteroatoms. The minimum atomic E-state index is -2.97. The first-order valence-corrected chi connectivity index (χ1v) is 11.0. The van der Waals surface area contributed by atoms with Crippen molar-refractivity contribution in [3.8, 4) is 17.0 Å². The summed E-state index contributed by atoms with van der Waals surface area (Å²) in [4.78, 5) is 12.3. The van der Waals surface area contributed by atoms with Crippen LogP contribution in [0.3, 0.4) is 0 Å². The number of nitrogens with zero attached hydrogens (tertiary/aromatic N) is 2. The summed E-state index contributed by atoms with van der Waals surface area (Å²) in [5.74, 6) is 0.625. The second-order valence-electron chi connectivity index (χ2n) is 6.44. The molecule has 29 heavy (non-hydrogen) atoms. The molecule has 0 radical (unpaired) electrons. The highest BCUT2D eigenvalue weighted by atomic mass is 35.5. The number of H-pyrrole nitrogens is 1. The Bertz CT molecular complexity index is 1320. The smallest absolute Gasteiger partial charge is 0.227 e. The highest BCUT2D eigenvalue weighted by Crippen LogP contribution is 2.36. The maximum absolute atomic E-state index is 12.3. The van der Waals surface area contributed by atoms with E-state index in [9.17, 15) is 4.21 Å². The number of halogens is 1. The van der Waals surface area contributed by atoms with Crippen molar-refractivity contribution >= 4 is 43.9 Å². The van der Waals surface area contributed by atoms with Crippen LogP contribution in [-0.2, 0) is 9.73 Å². The highest BCUT2D eigenvalue weighted by molar-refractivity contribution is 7.91. The van der Waals surface area contributed by atoms with Gasteiger partial charge in [-0.15, -0.1) is 0 Å². The van der Waals surface area contributed by atoms with E-state index in [1.807, 2.05) is 30.5 Å². The van der Waals surface area contributed by atoms with E-state index in [4.69, 9.17) is 21.1 Å². The van der Waals surface area contributed by atoms with Crippen LogP contribution in [0.1, 0.15) is 0 Å². The molecule has 0 saturated carbocycles. The summed E-state index contributed by atoms with van der Waals surface area (Å²) in [6, 6.07) is 12.9. The number of ether oxygens (including phenoxy) is 1. The lowest BCUT2D eigenvalue weighted by atomic mass is 10.1. The quantitative estimate of drug-likeness (QED) is 0.412. The van der Waals surface area contributed by atoms with E-state index >= 15 is 0 Å². The number of anilines is 2. The number of benzene rings is 2. The van der Waals surface area contributed by atoms with Crippen LogP contribution in [-0.4, -0.2) is 32.5 Å². The molecule has 0 aliphatic carbocycles. The molecule has 7 nitrogen and oxygen atoms in total. The van der Waals surface area contributed by atoms with Crippen molar-refractivity contribution in [2.24, 2.45) is 0 Å². The summed E-state index contributed by atoms with van der Waals surface area (Å²) in [6.07, 6.45) is 4.73. The number of nitrogens with one attached hydrogen (secondary N) is 3. The van der Waals surface area contributed by atoms with Gasteiger partial charge in [0.2, 0.25) is 5.95 Å². The molecule has 0 aliphatic heterocycles. The van der Waals surface area contributed by atoms with E-state index in [-0.39, 0.29) is 0 Å². The second-order valence-corrected chi connectivity index (χ2v) is 8.98. The Morgan fingerprint density at radius 2 is 2.00 bits per heavy atom. The third-order valence-corrected chi connectivity index (χ3v) is 5.87. The lowest BCUT2D eigenvalue weighted by Gasteiger charge is -2.14. The summed E-state index contributed by atoms with van der Waals surface area (Å²) >= 11 is 6.38. The first-order chi connectivity index (χ1) is 13.9. The fourth-order valence-electron chi connectivity index (χ4n) is 3.14. The van der Waals surface area contributed by atoms with Crippen LogP contribution in [0.15, 0.2) is 59.8 Å². The van der Waals surface area contributed by atoms with Crippen molar-refractivity contribution in [2.75, 3.05) is 18.7 Å². The molecule has 0 saturated heterocycles. The van der Waals surface area contributed by atoms with Crippen molar-refractivity contribution in [1.82, 2.24) is 15.0 Å². The van der Waals surface area contributed by atoms with E-state index in [0.29, 0.717) is 33.0 Å². The first-order valence-electron chi connectivity index (χ1n) is 8.65. The molecule has 0 amide bonds. The van der Waals surface area contributed by atoms with Crippen LogP contribution in [0.4, 0.5) is 11.6 Å². The van der Waals surface area contributed by atoms with Crippen LogP contribution >= 0.6 is 11.6 Å². The van der Waals surface area contributed by atoms with Gasteiger partial charge >= 0.3 is 0 Å². The Kier molecular flexibility index (Phi) is 4.89. The highest BCUT2D eigenvalue weighted by Gasteiger charge is 2.17. The average molecular weight is 428 g/mol. The summed E-state index contributed by atoms with van der Waals surface area (Å²) in [6.45, 7) is 0. The summed E-state index contributed by atoms with van der Waals surface area (Å²) in [5, 5.41) is 4.51. The predicted molar refractivity (Wildman–Crippen MR) is 116 cm³/mol. The second kappa shape index (κ2) is 7.38. The van der Waals surface area contributed by atoms with Gasteiger partial charge in [0, 0.05) is 28.9 Å². The van der Waals surface area contributed by atoms with Crippen LogP contribution in [0.5, 0.6) is 5.75 Å². The van der Waals surface area contributed by atoms with E-state index in [0.717, 1.165) is 16.5 Å². The van der Waals surface area contributed by atoms with Crippen molar-refractivity contribution in [1.29, 1.82) is 4.78 Å². The molecule has 2 heterocycles. The fraction of sp³-hybridized carbons (Fsp3) is 0.100. The number of hydrogen-bond donors (Lipinski definition) is 3. The largest absolute Gasteiger partial charge is 0.493 e. The fourth-order valence-corrected chi connectivity index (χ4v) is 4.21. The van der Waals surface area contributed by atoms with E-state index in [1.54, 1.807) is 18.2 Å². The summed E-state index contributed by atoms with van der Waals surface area (Å²) < 4.78 is 25.6. The minimum absolute atomic E-state index is 0.302. The number of aromatic amines is 1. The maximum Gasteiger partial charge on any atom is 0.227 e. The number of para-hydroxylation sites is 2. The molecular weight excluding hydrogens is 410 g/mol. The normalized spacial score (nSPS) is 13.2.